The first-order valence-electron chi connectivity index (χ1n) is 7.90. The number of halogens is 3. The van der Waals surface area contributed by atoms with Gasteiger partial charge in [-0.25, -0.2) is 18.2 Å². The molecule has 0 fully saturated rings. The van der Waals surface area contributed by atoms with Gasteiger partial charge in [0, 0.05) is 19.4 Å². The number of carbonyl (C=O) groups excluding carboxylic acids is 1. The van der Waals surface area contributed by atoms with Crippen LogP contribution < -0.4 is 5.32 Å². The molecule has 0 unspecified atom stereocenters. The molecule has 0 aliphatic heterocycles. The average Bonchev–Trinajstić information content (AvgIpc) is 3.03. The number of aryl methyl sites for hydroxylation is 1. The number of hydrogen-bond acceptors (Lipinski definition) is 2. The summed E-state index contributed by atoms with van der Waals surface area (Å²) in [5.74, 6) is -2.51. The first kappa shape index (κ1) is 17.7. The second-order valence-corrected chi connectivity index (χ2v) is 5.84. The highest BCUT2D eigenvalue weighted by Gasteiger charge is 2.22. The molecule has 4 nitrogen and oxygen atoms in total. The van der Waals surface area contributed by atoms with E-state index in [9.17, 15) is 18.0 Å². The molecule has 3 aromatic rings. The maximum Gasteiger partial charge on any atom is 0.225 e. The van der Waals surface area contributed by atoms with Crippen LogP contribution in [0.3, 0.4) is 0 Å². The van der Waals surface area contributed by atoms with E-state index in [1.165, 1.54) is 30.5 Å². The molecule has 134 valence electrons. The summed E-state index contributed by atoms with van der Waals surface area (Å²) in [6.07, 6.45) is 3.02. The van der Waals surface area contributed by atoms with Crippen molar-refractivity contribution >= 4 is 5.91 Å². The summed E-state index contributed by atoms with van der Waals surface area (Å²) < 4.78 is 42.3. The lowest BCUT2D eigenvalue weighted by Crippen LogP contribution is -2.32. The van der Waals surface area contributed by atoms with Crippen molar-refractivity contribution in [1.29, 1.82) is 0 Å². The highest BCUT2D eigenvalue weighted by molar-refractivity contribution is 5.79. The van der Waals surface area contributed by atoms with Crippen molar-refractivity contribution in [2.24, 2.45) is 7.05 Å². The molecule has 1 atom stereocenters. The van der Waals surface area contributed by atoms with Crippen molar-refractivity contribution in [2.75, 3.05) is 0 Å². The van der Waals surface area contributed by atoms with E-state index in [2.05, 4.69) is 10.3 Å². The van der Waals surface area contributed by atoms with E-state index in [1.807, 2.05) is 0 Å². The first-order chi connectivity index (χ1) is 12.5. The normalized spacial score (nSPS) is 12.0. The summed E-state index contributed by atoms with van der Waals surface area (Å²) in [7, 11) is 1.72. The lowest BCUT2D eigenvalue weighted by molar-refractivity contribution is -0.121. The van der Waals surface area contributed by atoms with Crippen LogP contribution in [0.5, 0.6) is 0 Å². The second-order valence-electron chi connectivity index (χ2n) is 5.84. The lowest BCUT2D eigenvalue weighted by atomic mass is 10.0. The molecule has 0 bridgehead atoms. The molecule has 0 spiro atoms. The molecule has 1 amide bonds. The third kappa shape index (κ3) is 3.77. The van der Waals surface area contributed by atoms with Gasteiger partial charge in [0.15, 0.2) is 11.6 Å². The molecule has 1 aromatic heterocycles. The van der Waals surface area contributed by atoms with Crippen LogP contribution in [0.25, 0.3) is 0 Å². The van der Waals surface area contributed by atoms with Crippen molar-refractivity contribution in [1.82, 2.24) is 14.9 Å². The number of imidazole rings is 1. The summed E-state index contributed by atoms with van der Waals surface area (Å²) in [5.41, 5.74) is 0.578. The van der Waals surface area contributed by atoms with Gasteiger partial charge in [-0.2, -0.15) is 0 Å². The fraction of sp³-hybridized carbons (Fsp3) is 0.158. The van der Waals surface area contributed by atoms with Gasteiger partial charge in [-0.05, 0) is 29.3 Å². The molecule has 0 saturated carbocycles. The minimum Gasteiger partial charge on any atom is -0.342 e. The Balaban J connectivity index is 1.89. The number of hydrogen-bond donors (Lipinski definition) is 1. The molecule has 0 radical (unpaired) electrons. The first-order valence-corrected chi connectivity index (χ1v) is 7.90. The Labute approximate surface area is 148 Å². The van der Waals surface area contributed by atoms with Gasteiger partial charge in [0.2, 0.25) is 5.91 Å². The van der Waals surface area contributed by atoms with Gasteiger partial charge < -0.3 is 9.88 Å². The number of amides is 1. The van der Waals surface area contributed by atoms with Crippen LogP contribution in [0.2, 0.25) is 0 Å². The van der Waals surface area contributed by atoms with Gasteiger partial charge >= 0.3 is 0 Å². The van der Waals surface area contributed by atoms with E-state index in [0.717, 1.165) is 12.1 Å². The Hall–Kier alpha value is -3.09. The Bertz CT molecular complexity index is 939. The van der Waals surface area contributed by atoms with Gasteiger partial charge in [0.1, 0.15) is 17.7 Å². The van der Waals surface area contributed by atoms with Gasteiger partial charge in [-0.1, -0.05) is 24.3 Å². The number of rotatable bonds is 5. The molecule has 0 aliphatic carbocycles. The van der Waals surface area contributed by atoms with E-state index in [0.29, 0.717) is 11.4 Å². The van der Waals surface area contributed by atoms with Crippen LogP contribution in [-0.2, 0) is 18.3 Å². The third-order valence-corrected chi connectivity index (χ3v) is 4.01. The predicted molar refractivity (Wildman–Crippen MR) is 89.7 cm³/mol. The molecule has 1 N–H and O–H groups in total. The van der Waals surface area contributed by atoms with Crippen molar-refractivity contribution in [3.8, 4) is 0 Å². The molecule has 7 heteroatoms. The minimum absolute atomic E-state index is 0.183. The Morgan fingerprint density at radius 2 is 1.88 bits per heavy atom. The largest absolute Gasteiger partial charge is 0.342 e. The van der Waals surface area contributed by atoms with E-state index in [4.69, 9.17) is 0 Å². The smallest absolute Gasteiger partial charge is 0.225 e. The van der Waals surface area contributed by atoms with Crippen LogP contribution >= 0.6 is 0 Å². The van der Waals surface area contributed by atoms with Crippen LogP contribution in [0.1, 0.15) is 23.0 Å². The summed E-state index contributed by atoms with van der Waals surface area (Å²) >= 11 is 0. The number of nitrogens with zero attached hydrogens (tertiary/aromatic N) is 2. The monoisotopic (exact) mass is 359 g/mol. The highest BCUT2D eigenvalue weighted by atomic mass is 19.2. The average molecular weight is 359 g/mol. The molecule has 0 saturated heterocycles. The topological polar surface area (TPSA) is 46.9 Å². The Morgan fingerprint density at radius 1 is 1.12 bits per heavy atom. The lowest BCUT2D eigenvalue weighted by Gasteiger charge is -2.19. The second kappa shape index (κ2) is 7.43. The summed E-state index contributed by atoms with van der Waals surface area (Å²) in [4.78, 5) is 16.6. The van der Waals surface area contributed by atoms with Crippen molar-refractivity contribution in [2.45, 2.75) is 12.5 Å². The van der Waals surface area contributed by atoms with Crippen LogP contribution in [0, 0.1) is 17.5 Å². The quantitative estimate of drug-likeness (QED) is 0.760. The molecule has 26 heavy (non-hydrogen) atoms. The molecule has 2 aromatic carbocycles. The fourth-order valence-corrected chi connectivity index (χ4v) is 2.67. The zero-order chi connectivity index (χ0) is 18.7. The maximum absolute atomic E-state index is 13.8. The van der Waals surface area contributed by atoms with Gasteiger partial charge in [-0.3, -0.25) is 4.79 Å². The standard InChI is InChI=1S/C19H16F3N3O/c1-25-9-8-23-19(25)18(13-6-7-15(21)16(22)10-13)24-17(26)11-12-4-2-3-5-14(12)20/h2-10,18H,11H2,1H3,(H,24,26)/t18-/m1/s1. The molecule has 1 heterocycles. The van der Waals surface area contributed by atoms with Gasteiger partial charge in [-0.15, -0.1) is 0 Å². The number of aromatic nitrogens is 2. The summed E-state index contributed by atoms with van der Waals surface area (Å²) in [6.45, 7) is 0. The van der Waals surface area contributed by atoms with Crippen molar-refractivity contribution in [3.63, 3.8) is 0 Å². The Kier molecular flexibility index (Phi) is 5.06. The molecular weight excluding hydrogens is 343 g/mol. The van der Waals surface area contributed by atoms with Crippen LogP contribution in [0.15, 0.2) is 54.9 Å². The number of carbonyl (C=O) groups is 1. The maximum atomic E-state index is 13.8. The summed E-state index contributed by atoms with van der Waals surface area (Å²) in [6, 6.07) is 8.54. The molecular formula is C19H16F3N3O. The van der Waals surface area contributed by atoms with Crippen LogP contribution in [-0.4, -0.2) is 15.5 Å². The summed E-state index contributed by atoms with van der Waals surface area (Å²) in [5, 5.41) is 2.72. The zero-order valence-electron chi connectivity index (χ0n) is 13.9. The van der Waals surface area contributed by atoms with Crippen molar-refractivity contribution in [3.05, 3.63) is 89.3 Å². The third-order valence-electron chi connectivity index (χ3n) is 4.01. The molecule has 0 aliphatic rings. The Morgan fingerprint density at radius 3 is 2.54 bits per heavy atom. The number of nitrogens with one attached hydrogen (secondary N) is 1. The SMILES string of the molecule is Cn1ccnc1[C@H](NC(=O)Cc1ccccc1F)c1ccc(F)c(F)c1. The van der Waals surface area contributed by atoms with Gasteiger partial charge in [0.05, 0.1) is 6.42 Å². The molecule has 3 rings (SSSR count). The van der Waals surface area contributed by atoms with Crippen LogP contribution in [0.4, 0.5) is 13.2 Å². The number of benzene rings is 2. The minimum atomic E-state index is -1.02. The van der Waals surface area contributed by atoms with Gasteiger partial charge in [0.25, 0.3) is 0 Å². The van der Waals surface area contributed by atoms with Crippen molar-refractivity contribution < 1.29 is 18.0 Å². The van der Waals surface area contributed by atoms with E-state index in [-0.39, 0.29) is 12.0 Å². The fourth-order valence-electron chi connectivity index (χ4n) is 2.67. The predicted octanol–water partition coefficient (Wildman–Crippen LogP) is 3.29. The van der Waals surface area contributed by atoms with E-state index in [1.54, 1.807) is 23.9 Å². The zero-order valence-corrected chi connectivity index (χ0v) is 13.9. The van der Waals surface area contributed by atoms with E-state index >= 15 is 0 Å². The van der Waals surface area contributed by atoms with E-state index < -0.39 is 29.4 Å². The highest BCUT2D eigenvalue weighted by Crippen LogP contribution is 2.22.